The number of hydrogen-bond donors (Lipinski definition) is 0. The molecule has 0 bridgehead atoms. The maximum Gasteiger partial charge on any atom is 0.231 e. The molecule has 0 radical (unpaired) electrons. The van der Waals surface area contributed by atoms with Gasteiger partial charge in [0.2, 0.25) is 5.91 Å². The van der Waals surface area contributed by atoms with Crippen molar-refractivity contribution in [1.82, 2.24) is 4.90 Å². The third-order valence-electron chi connectivity index (χ3n) is 4.89. The summed E-state index contributed by atoms with van der Waals surface area (Å²) in [6, 6.07) is 18.1. The van der Waals surface area contributed by atoms with Gasteiger partial charge in [-0.05, 0) is 49.2 Å². The molecule has 0 saturated carbocycles. The second kappa shape index (κ2) is 8.17. The van der Waals surface area contributed by atoms with Crippen molar-refractivity contribution in [2.75, 3.05) is 32.1 Å². The Morgan fingerprint density at radius 3 is 2.56 bits per heavy atom. The van der Waals surface area contributed by atoms with E-state index in [9.17, 15) is 4.79 Å². The van der Waals surface area contributed by atoms with Crippen LogP contribution in [0.5, 0.6) is 5.75 Å². The Labute approximate surface area is 150 Å². The molecule has 4 heteroatoms. The van der Waals surface area contributed by atoms with E-state index >= 15 is 0 Å². The largest absolute Gasteiger partial charge is 0.497 e. The minimum absolute atomic E-state index is 0.0598. The normalized spacial score (nSPS) is 17.9. The number of piperidine rings is 1. The summed E-state index contributed by atoms with van der Waals surface area (Å²) in [7, 11) is 3.51. The summed E-state index contributed by atoms with van der Waals surface area (Å²) in [5.74, 6) is 1.06. The molecule has 2 aromatic rings. The van der Waals surface area contributed by atoms with Gasteiger partial charge in [0.1, 0.15) is 5.75 Å². The molecule has 25 heavy (non-hydrogen) atoms. The van der Waals surface area contributed by atoms with E-state index in [0.29, 0.717) is 0 Å². The molecule has 0 spiro atoms. The van der Waals surface area contributed by atoms with Crippen LogP contribution in [0.1, 0.15) is 18.4 Å². The first-order chi connectivity index (χ1) is 12.2. The lowest BCUT2D eigenvalue weighted by atomic mass is 9.96. The minimum atomic E-state index is 0.0598. The number of carbonyl (C=O) groups excluding carboxylic acids is 1. The topological polar surface area (TPSA) is 32.8 Å². The van der Waals surface area contributed by atoms with E-state index < -0.39 is 0 Å². The highest BCUT2D eigenvalue weighted by molar-refractivity contribution is 5.94. The molecule has 0 aliphatic carbocycles. The first kappa shape index (κ1) is 17.5. The van der Waals surface area contributed by atoms with Crippen LogP contribution < -0.4 is 9.64 Å². The minimum Gasteiger partial charge on any atom is -0.497 e. The van der Waals surface area contributed by atoms with Crippen molar-refractivity contribution >= 4 is 11.6 Å². The van der Waals surface area contributed by atoms with Crippen molar-refractivity contribution in [3.63, 3.8) is 0 Å². The number of rotatable bonds is 5. The molecule has 1 atom stereocenters. The van der Waals surface area contributed by atoms with Crippen molar-refractivity contribution in [1.29, 1.82) is 0 Å². The number of benzene rings is 2. The number of anilines is 1. The van der Waals surface area contributed by atoms with Gasteiger partial charge in [0.25, 0.3) is 0 Å². The fourth-order valence-electron chi connectivity index (χ4n) is 3.45. The zero-order chi connectivity index (χ0) is 17.6. The van der Waals surface area contributed by atoms with Crippen molar-refractivity contribution in [2.24, 2.45) is 5.92 Å². The molecular formula is C21H26N2O2. The van der Waals surface area contributed by atoms with Crippen LogP contribution >= 0.6 is 0 Å². The molecule has 0 aromatic heterocycles. The Bertz CT molecular complexity index is 685. The average Bonchev–Trinajstić information content (AvgIpc) is 2.68. The monoisotopic (exact) mass is 338 g/mol. The lowest BCUT2D eigenvalue weighted by molar-refractivity contribution is -0.123. The maximum atomic E-state index is 12.9. The van der Waals surface area contributed by atoms with E-state index in [-0.39, 0.29) is 11.8 Å². The molecule has 1 heterocycles. The van der Waals surface area contributed by atoms with Crippen LogP contribution in [0, 0.1) is 5.92 Å². The van der Waals surface area contributed by atoms with Gasteiger partial charge < -0.3 is 9.64 Å². The number of likely N-dealkylation sites (tertiary alicyclic amines) is 1. The van der Waals surface area contributed by atoms with Crippen LogP contribution in [0.4, 0.5) is 5.69 Å². The predicted molar refractivity (Wildman–Crippen MR) is 101 cm³/mol. The summed E-state index contributed by atoms with van der Waals surface area (Å²) < 4.78 is 5.19. The van der Waals surface area contributed by atoms with E-state index in [1.54, 1.807) is 12.0 Å². The lowest BCUT2D eigenvalue weighted by Gasteiger charge is -2.34. The molecule has 1 fully saturated rings. The summed E-state index contributed by atoms with van der Waals surface area (Å²) in [6.07, 6.45) is 2.03. The van der Waals surface area contributed by atoms with Crippen LogP contribution in [0.25, 0.3) is 0 Å². The first-order valence-corrected chi connectivity index (χ1v) is 8.85. The predicted octanol–water partition coefficient (Wildman–Crippen LogP) is 3.57. The highest BCUT2D eigenvalue weighted by Crippen LogP contribution is 2.24. The Morgan fingerprint density at radius 1 is 1.16 bits per heavy atom. The zero-order valence-electron chi connectivity index (χ0n) is 15.0. The van der Waals surface area contributed by atoms with E-state index in [1.165, 1.54) is 5.56 Å². The van der Waals surface area contributed by atoms with Gasteiger partial charge in [0.15, 0.2) is 0 Å². The number of nitrogens with zero attached hydrogens (tertiary/aromatic N) is 2. The smallest absolute Gasteiger partial charge is 0.231 e. The molecule has 1 aliphatic heterocycles. The van der Waals surface area contributed by atoms with Gasteiger partial charge in [-0.15, -0.1) is 0 Å². The second-order valence-corrected chi connectivity index (χ2v) is 6.66. The average molecular weight is 338 g/mol. The quantitative estimate of drug-likeness (QED) is 0.835. The van der Waals surface area contributed by atoms with E-state index in [4.69, 9.17) is 4.74 Å². The fourth-order valence-corrected chi connectivity index (χ4v) is 3.45. The second-order valence-electron chi connectivity index (χ2n) is 6.66. The summed E-state index contributed by atoms with van der Waals surface area (Å²) in [4.78, 5) is 17.1. The SMILES string of the molecule is COc1ccc(N(C)C(=O)[C@H]2CCCN(Cc3ccccc3)C2)cc1. The first-order valence-electron chi connectivity index (χ1n) is 8.85. The summed E-state index contributed by atoms with van der Waals surface area (Å²) in [6.45, 7) is 2.80. The van der Waals surface area contributed by atoms with Crippen molar-refractivity contribution < 1.29 is 9.53 Å². The summed E-state index contributed by atoms with van der Waals surface area (Å²) in [5, 5.41) is 0. The van der Waals surface area contributed by atoms with Crippen molar-refractivity contribution in [3.8, 4) is 5.75 Å². The van der Waals surface area contributed by atoms with Crippen molar-refractivity contribution in [2.45, 2.75) is 19.4 Å². The summed E-state index contributed by atoms with van der Waals surface area (Å²) in [5.41, 5.74) is 2.21. The molecule has 1 amide bonds. The number of amides is 1. The molecule has 0 unspecified atom stereocenters. The number of hydrogen-bond acceptors (Lipinski definition) is 3. The van der Waals surface area contributed by atoms with Gasteiger partial charge in [-0.3, -0.25) is 9.69 Å². The number of methoxy groups -OCH3 is 1. The van der Waals surface area contributed by atoms with Crippen LogP contribution in [0.15, 0.2) is 54.6 Å². The van der Waals surface area contributed by atoms with Crippen LogP contribution in [-0.4, -0.2) is 38.1 Å². The van der Waals surface area contributed by atoms with E-state index in [2.05, 4.69) is 29.2 Å². The Kier molecular flexibility index (Phi) is 5.71. The molecule has 132 valence electrons. The third kappa shape index (κ3) is 4.40. The van der Waals surface area contributed by atoms with Crippen LogP contribution in [0.3, 0.4) is 0 Å². The van der Waals surface area contributed by atoms with Gasteiger partial charge >= 0.3 is 0 Å². The Hall–Kier alpha value is -2.33. The number of ether oxygens (including phenoxy) is 1. The van der Waals surface area contributed by atoms with Gasteiger partial charge in [-0.1, -0.05) is 30.3 Å². The van der Waals surface area contributed by atoms with Crippen LogP contribution in [-0.2, 0) is 11.3 Å². The maximum absolute atomic E-state index is 12.9. The molecule has 1 saturated heterocycles. The fraction of sp³-hybridized carbons (Fsp3) is 0.381. The van der Waals surface area contributed by atoms with Gasteiger partial charge in [0, 0.05) is 25.8 Å². The molecule has 0 N–H and O–H groups in total. The standard InChI is InChI=1S/C21H26N2O2/c1-22(19-10-12-20(25-2)13-11-19)21(24)18-9-6-14-23(16-18)15-17-7-4-3-5-8-17/h3-5,7-8,10-13,18H,6,9,14-16H2,1-2H3/t18-/m0/s1. The Balaban J connectivity index is 1.62. The van der Waals surface area contributed by atoms with Crippen molar-refractivity contribution in [3.05, 3.63) is 60.2 Å². The number of carbonyl (C=O) groups is 1. The zero-order valence-corrected chi connectivity index (χ0v) is 15.0. The van der Waals surface area contributed by atoms with Gasteiger partial charge in [-0.25, -0.2) is 0 Å². The third-order valence-corrected chi connectivity index (χ3v) is 4.89. The van der Waals surface area contributed by atoms with Gasteiger partial charge in [-0.2, -0.15) is 0 Å². The molecule has 2 aromatic carbocycles. The molecule has 3 rings (SSSR count). The van der Waals surface area contributed by atoms with Crippen LogP contribution in [0.2, 0.25) is 0 Å². The molecule has 4 nitrogen and oxygen atoms in total. The molecule has 1 aliphatic rings. The summed E-state index contributed by atoms with van der Waals surface area (Å²) >= 11 is 0. The molecular weight excluding hydrogens is 312 g/mol. The highest BCUT2D eigenvalue weighted by Gasteiger charge is 2.28. The Morgan fingerprint density at radius 2 is 1.88 bits per heavy atom. The van der Waals surface area contributed by atoms with Gasteiger partial charge in [0.05, 0.1) is 13.0 Å². The van der Waals surface area contributed by atoms with E-state index in [0.717, 1.165) is 43.9 Å². The van der Waals surface area contributed by atoms with E-state index in [1.807, 2.05) is 37.4 Å². The highest BCUT2D eigenvalue weighted by atomic mass is 16.5. The lowest BCUT2D eigenvalue weighted by Crippen LogP contribution is -2.43.